The maximum Gasteiger partial charge on any atom is 0.573 e. The van der Waals surface area contributed by atoms with E-state index >= 15 is 0 Å². The zero-order valence-corrected chi connectivity index (χ0v) is 16.7. The lowest BCUT2D eigenvalue weighted by molar-refractivity contribution is -0.274. The Bertz CT molecular complexity index is 790. The van der Waals surface area contributed by atoms with Gasteiger partial charge in [0.25, 0.3) is 0 Å². The van der Waals surface area contributed by atoms with Gasteiger partial charge < -0.3 is 15.0 Å². The molecule has 152 valence electrons. The summed E-state index contributed by atoms with van der Waals surface area (Å²) in [7, 11) is 0. The average Bonchev–Trinajstić information content (AvgIpc) is 3.08. The van der Waals surface area contributed by atoms with E-state index in [9.17, 15) is 18.0 Å². The molecule has 2 aromatic rings. The Balaban J connectivity index is 1.48. The van der Waals surface area contributed by atoms with Crippen LogP contribution in [0.25, 0.3) is 0 Å². The predicted octanol–water partition coefficient (Wildman–Crippen LogP) is 4.53. The highest BCUT2D eigenvalue weighted by Crippen LogP contribution is 2.29. The monoisotopic (exact) mass is 432 g/mol. The number of carbonyl (C=O) groups excluding carboxylic acids is 1. The Morgan fingerprint density at radius 3 is 2.61 bits per heavy atom. The number of nitrogens with one attached hydrogen (secondary N) is 1. The summed E-state index contributed by atoms with van der Waals surface area (Å²) in [5, 5.41) is 11.5. The van der Waals surface area contributed by atoms with Crippen molar-refractivity contribution in [2.75, 3.05) is 24.2 Å². The number of alkyl halides is 3. The Labute approximate surface area is 168 Å². The lowest BCUT2D eigenvalue weighted by Crippen LogP contribution is -2.38. The number of benzene rings is 1. The number of halogens is 3. The van der Waals surface area contributed by atoms with Crippen LogP contribution in [0, 0.1) is 5.92 Å². The molecule has 2 heterocycles. The second-order valence-corrected chi connectivity index (χ2v) is 8.62. The van der Waals surface area contributed by atoms with E-state index in [1.54, 1.807) is 0 Å². The van der Waals surface area contributed by atoms with Gasteiger partial charge in [-0.3, -0.25) is 4.79 Å². The van der Waals surface area contributed by atoms with E-state index in [0.717, 1.165) is 25.9 Å². The molecule has 0 radical (unpaired) electrons. The van der Waals surface area contributed by atoms with Crippen LogP contribution in [0.3, 0.4) is 0 Å². The first-order valence-corrected chi connectivity index (χ1v) is 10.5. The van der Waals surface area contributed by atoms with Crippen molar-refractivity contribution in [3.63, 3.8) is 0 Å². The summed E-state index contributed by atoms with van der Waals surface area (Å²) in [5.74, 6) is 0.786. The number of hydrogen-bond acceptors (Lipinski definition) is 7. The Morgan fingerprint density at radius 2 is 1.96 bits per heavy atom. The molecule has 1 N–H and O–H groups in total. The van der Waals surface area contributed by atoms with E-state index in [-0.39, 0.29) is 11.7 Å². The fourth-order valence-corrected chi connectivity index (χ4v) is 4.33. The van der Waals surface area contributed by atoms with Crippen molar-refractivity contribution in [3.8, 4) is 5.75 Å². The zero-order chi connectivity index (χ0) is 20.1. The van der Waals surface area contributed by atoms with E-state index in [1.807, 2.05) is 4.90 Å². The van der Waals surface area contributed by atoms with E-state index in [1.165, 1.54) is 47.4 Å². The van der Waals surface area contributed by atoms with Crippen molar-refractivity contribution in [3.05, 3.63) is 24.3 Å². The molecule has 0 unspecified atom stereocenters. The molecule has 0 aliphatic carbocycles. The van der Waals surface area contributed by atoms with Gasteiger partial charge >= 0.3 is 6.36 Å². The highest BCUT2D eigenvalue weighted by atomic mass is 32.2. The van der Waals surface area contributed by atoms with Crippen LogP contribution in [0.5, 0.6) is 5.75 Å². The maximum absolute atomic E-state index is 12.3. The molecule has 11 heteroatoms. The molecule has 1 aromatic heterocycles. The average molecular weight is 432 g/mol. The number of anilines is 2. The first-order valence-electron chi connectivity index (χ1n) is 8.65. The molecular formula is C17H19F3N4O2S2. The third kappa shape index (κ3) is 6.26. The van der Waals surface area contributed by atoms with Gasteiger partial charge in [-0.25, -0.2) is 0 Å². The molecule has 1 fully saturated rings. The third-order valence-electron chi connectivity index (χ3n) is 4.20. The maximum atomic E-state index is 12.3. The topological polar surface area (TPSA) is 67.4 Å². The molecule has 1 amide bonds. The number of aromatic nitrogens is 2. The van der Waals surface area contributed by atoms with Crippen molar-refractivity contribution < 1.29 is 22.7 Å². The molecule has 1 saturated heterocycles. The normalized spacial score (nSPS) is 15.5. The van der Waals surface area contributed by atoms with Crippen LogP contribution >= 0.6 is 23.1 Å². The van der Waals surface area contributed by atoms with Crippen LogP contribution in [-0.4, -0.2) is 46.2 Å². The van der Waals surface area contributed by atoms with Crippen LogP contribution in [0.4, 0.5) is 24.0 Å². The standard InChI is InChI=1S/C17H19F3N4O2S2/c1-11-6-8-24(9-7-11)14(25)10-27-16-23-22-15(28-16)21-12-2-4-13(5-3-12)26-17(18,19)20/h2-5,11H,6-10H2,1H3,(H,21,22). The SMILES string of the molecule is CC1CCN(C(=O)CSc2nnc(Nc3ccc(OC(F)(F)F)cc3)s2)CC1. The summed E-state index contributed by atoms with van der Waals surface area (Å²) in [4.78, 5) is 14.1. The van der Waals surface area contributed by atoms with Gasteiger partial charge in [0.15, 0.2) is 4.34 Å². The van der Waals surface area contributed by atoms with E-state index in [2.05, 4.69) is 27.2 Å². The molecular weight excluding hydrogens is 413 g/mol. The number of thioether (sulfide) groups is 1. The van der Waals surface area contributed by atoms with E-state index in [0.29, 0.717) is 26.8 Å². The van der Waals surface area contributed by atoms with Crippen LogP contribution in [0.15, 0.2) is 28.6 Å². The lowest BCUT2D eigenvalue weighted by Gasteiger charge is -2.30. The minimum atomic E-state index is -4.72. The van der Waals surface area contributed by atoms with E-state index in [4.69, 9.17) is 0 Å². The van der Waals surface area contributed by atoms with Gasteiger partial charge in [0.05, 0.1) is 5.75 Å². The van der Waals surface area contributed by atoms with Crippen LogP contribution < -0.4 is 10.1 Å². The Kier molecular flexibility index (Phi) is 6.65. The minimum absolute atomic E-state index is 0.0989. The molecule has 28 heavy (non-hydrogen) atoms. The van der Waals surface area contributed by atoms with Gasteiger partial charge in [-0.2, -0.15) is 0 Å². The van der Waals surface area contributed by atoms with Gasteiger partial charge in [0.1, 0.15) is 5.75 Å². The number of hydrogen-bond donors (Lipinski definition) is 1. The van der Waals surface area contributed by atoms with Crippen molar-refractivity contribution in [1.82, 2.24) is 15.1 Å². The Morgan fingerprint density at radius 1 is 1.29 bits per heavy atom. The largest absolute Gasteiger partial charge is 0.573 e. The number of nitrogens with zero attached hydrogens (tertiary/aromatic N) is 3. The van der Waals surface area contributed by atoms with Crippen LogP contribution in [-0.2, 0) is 4.79 Å². The van der Waals surface area contributed by atoms with Gasteiger partial charge in [0.2, 0.25) is 11.0 Å². The number of rotatable bonds is 6. The van der Waals surface area contributed by atoms with Gasteiger partial charge in [-0.15, -0.1) is 23.4 Å². The number of ether oxygens (including phenoxy) is 1. The summed E-state index contributed by atoms with van der Waals surface area (Å²) in [6, 6.07) is 5.33. The highest BCUT2D eigenvalue weighted by Gasteiger charge is 2.31. The quantitative estimate of drug-likeness (QED) is 0.677. The zero-order valence-electron chi connectivity index (χ0n) is 15.0. The molecule has 0 spiro atoms. The molecule has 6 nitrogen and oxygen atoms in total. The summed E-state index contributed by atoms with van der Waals surface area (Å²) in [6.07, 6.45) is -2.64. The molecule has 0 saturated carbocycles. The van der Waals surface area contributed by atoms with Crippen LogP contribution in [0.2, 0.25) is 0 Å². The van der Waals surface area contributed by atoms with Crippen molar-refractivity contribution in [1.29, 1.82) is 0 Å². The molecule has 1 aromatic carbocycles. The molecule has 3 rings (SSSR count). The fourth-order valence-electron chi connectivity index (χ4n) is 2.65. The minimum Gasteiger partial charge on any atom is -0.406 e. The molecule has 1 aliphatic heterocycles. The number of piperidine rings is 1. The second kappa shape index (κ2) is 8.99. The number of likely N-dealkylation sites (tertiary alicyclic amines) is 1. The van der Waals surface area contributed by atoms with Gasteiger partial charge in [-0.05, 0) is 43.0 Å². The summed E-state index contributed by atoms with van der Waals surface area (Å²) >= 11 is 2.61. The second-order valence-electron chi connectivity index (χ2n) is 6.42. The summed E-state index contributed by atoms with van der Waals surface area (Å²) < 4.78 is 41.0. The first kappa shape index (κ1) is 20.7. The van der Waals surface area contributed by atoms with Crippen molar-refractivity contribution >= 4 is 39.8 Å². The molecule has 1 aliphatic rings. The summed E-state index contributed by atoms with van der Waals surface area (Å²) in [6.45, 7) is 3.80. The van der Waals surface area contributed by atoms with Crippen molar-refractivity contribution in [2.24, 2.45) is 5.92 Å². The summed E-state index contributed by atoms with van der Waals surface area (Å²) in [5.41, 5.74) is 0.556. The Hall–Kier alpha value is -2.01. The van der Waals surface area contributed by atoms with Gasteiger partial charge in [0, 0.05) is 18.8 Å². The highest BCUT2D eigenvalue weighted by molar-refractivity contribution is 8.01. The fraction of sp³-hybridized carbons (Fsp3) is 0.471. The molecule has 0 bridgehead atoms. The van der Waals surface area contributed by atoms with Crippen molar-refractivity contribution in [2.45, 2.75) is 30.5 Å². The van der Waals surface area contributed by atoms with E-state index < -0.39 is 6.36 Å². The smallest absolute Gasteiger partial charge is 0.406 e. The third-order valence-corrected chi connectivity index (χ3v) is 6.16. The number of carbonyl (C=O) groups is 1. The predicted molar refractivity (Wildman–Crippen MR) is 102 cm³/mol. The lowest BCUT2D eigenvalue weighted by atomic mass is 9.99. The first-order chi connectivity index (χ1) is 13.3. The number of amides is 1. The van der Waals surface area contributed by atoms with Gasteiger partial charge in [-0.1, -0.05) is 30.0 Å². The molecule has 0 atom stereocenters. The van der Waals surface area contributed by atoms with Crippen LogP contribution in [0.1, 0.15) is 19.8 Å².